The van der Waals surface area contributed by atoms with E-state index in [0.29, 0.717) is 17.7 Å². The molecule has 0 spiro atoms. The van der Waals surface area contributed by atoms with Crippen LogP contribution in [0.4, 0.5) is 0 Å². The van der Waals surface area contributed by atoms with Crippen molar-refractivity contribution >= 4 is 29.1 Å². The van der Waals surface area contributed by atoms with Crippen LogP contribution in [0.3, 0.4) is 0 Å². The molecule has 2 aromatic rings. The first-order chi connectivity index (χ1) is 11.6. The Morgan fingerprint density at radius 1 is 1.04 bits per heavy atom. The Morgan fingerprint density at radius 3 is 2.42 bits per heavy atom. The van der Waals surface area contributed by atoms with Crippen LogP contribution in [-0.2, 0) is 16.1 Å². The molecule has 0 atom stereocenters. The lowest BCUT2D eigenvalue weighted by Crippen LogP contribution is -2.30. The molecule has 126 valence electrons. The van der Waals surface area contributed by atoms with Gasteiger partial charge in [-0.15, -0.1) is 0 Å². The van der Waals surface area contributed by atoms with Gasteiger partial charge >= 0.3 is 5.97 Å². The summed E-state index contributed by atoms with van der Waals surface area (Å²) >= 11 is 1.45. The van der Waals surface area contributed by atoms with E-state index in [2.05, 4.69) is 15.4 Å². The minimum absolute atomic E-state index is 0.155. The molecule has 1 aromatic heterocycles. The highest BCUT2D eigenvalue weighted by molar-refractivity contribution is 7.08. The molecule has 0 aliphatic heterocycles. The molecule has 6 nitrogen and oxygen atoms in total. The Labute approximate surface area is 143 Å². The number of methoxy groups -OCH3 is 1. The predicted octanol–water partition coefficient (Wildman–Crippen LogP) is 1.97. The fourth-order valence-electron chi connectivity index (χ4n) is 1.95. The molecule has 2 N–H and O–H groups in total. The zero-order valence-electron chi connectivity index (χ0n) is 13.2. The van der Waals surface area contributed by atoms with Gasteiger partial charge in [0.2, 0.25) is 5.91 Å². The SMILES string of the molecule is COC(=O)c1ccc(CNC(=O)CCNC(=O)c2ccsc2)cc1. The molecule has 1 heterocycles. The van der Waals surface area contributed by atoms with Crippen molar-refractivity contribution in [2.24, 2.45) is 0 Å². The third-order valence-electron chi connectivity index (χ3n) is 3.29. The Bertz CT molecular complexity index is 696. The van der Waals surface area contributed by atoms with E-state index in [4.69, 9.17) is 0 Å². The summed E-state index contributed by atoms with van der Waals surface area (Å²) in [6, 6.07) is 8.54. The van der Waals surface area contributed by atoms with Gasteiger partial charge in [0.1, 0.15) is 0 Å². The van der Waals surface area contributed by atoms with Crippen LogP contribution in [-0.4, -0.2) is 31.4 Å². The Kier molecular flexibility index (Phi) is 6.51. The quantitative estimate of drug-likeness (QED) is 0.751. The fourth-order valence-corrected chi connectivity index (χ4v) is 2.59. The van der Waals surface area contributed by atoms with Crippen molar-refractivity contribution in [2.45, 2.75) is 13.0 Å². The third kappa shape index (κ3) is 5.20. The maximum absolute atomic E-state index is 11.8. The Balaban J connectivity index is 1.69. The van der Waals surface area contributed by atoms with Gasteiger partial charge in [0.15, 0.2) is 0 Å². The van der Waals surface area contributed by atoms with Crippen LogP contribution in [0.2, 0.25) is 0 Å². The summed E-state index contributed by atoms with van der Waals surface area (Å²) in [5.41, 5.74) is 1.94. The molecule has 2 rings (SSSR count). The number of benzene rings is 1. The zero-order chi connectivity index (χ0) is 17.4. The number of hydrogen-bond acceptors (Lipinski definition) is 5. The van der Waals surface area contributed by atoms with Crippen LogP contribution in [0.1, 0.15) is 32.7 Å². The lowest BCUT2D eigenvalue weighted by atomic mass is 10.1. The predicted molar refractivity (Wildman–Crippen MR) is 90.9 cm³/mol. The minimum atomic E-state index is -0.396. The first kappa shape index (κ1) is 17.7. The molecule has 0 fully saturated rings. The molecule has 0 aliphatic carbocycles. The van der Waals surface area contributed by atoms with Gasteiger partial charge in [-0.2, -0.15) is 11.3 Å². The fraction of sp³-hybridized carbons (Fsp3) is 0.235. The lowest BCUT2D eigenvalue weighted by molar-refractivity contribution is -0.121. The van der Waals surface area contributed by atoms with E-state index in [1.54, 1.807) is 35.7 Å². The van der Waals surface area contributed by atoms with Crippen LogP contribution in [0.25, 0.3) is 0 Å². The lowest BCUT2D eigenvalue weighted by Gasteiger charge is -2.07. The zero-order valence-corrected chi connectivity index (χ0v) is 14.0. The molecule has 1 aromatic carbocycles. The van der Waals surface area contributed by atoms with Crippen molar-refractivity contribution in [3.63, 3.8) is 0 Å². The van der Waals surface area contributed by atoms with Gasteiger partial charge in [0, 0.05) is 30.5 Å². The number of rotatable bonds is 7. The number of esters is 1. The van der Waals surface area contributed by atoms with E-state index < -0.39 is 5.97 Å². The number of thiophene rings is 1. The van der Waals surface area contributed by atoms with E-state index in [1.807, 2.05) is 5.38 Å². The van der Waals surface area contributed by atoms with Gasteiger partial charge in [-0.1, -0.05) is 12.1 Å². The van der Waals surface area contributed by atoms with Crippen LogP contribution in [0.15, 0.2) is 41.1 Å². The highest BCUT2D eigenvalue weighted by atomic mass is 32.1. The maximum atomic E-state index is 11.8. The summed E-state index contributed by atoms with van der Waals surface area (Å²) < 4.78 is 4.62. The molecule has 2 amide bonds. The first-order valence-corrected chi connectivity index (χ1v) is 8.29. The van der Waals surface area contributed by atoms with E-state index >= 15 is 0 Å². The van der Waals surface area contributed by atoms with Crippen molar-refractivity contribution < 1.29 is 19.1 Å². The molecule has 0 aliphatic rings. The molecule has 0 unspecified atom stereocenters. The largest absolute Gasteiger partial charge is 0.465 e. The monoisotopic (exact) mass is 346 g/mol. The summed E-state index contributed by atoms with van der Waals surface area (Å²) in [5, 5.41) is 9.05. The molecule has 0 bridgehead atoms. The van der Waals surface area contributed by atoms with Crippen LogP contribution >= 0.6 is 11.3 Å². The molecular formula is C17H18N2O4S. The Hall–Kier alpha value is -2.67. The normalized spacial score (nSPS) is 10.0. The number of nitrogens with one attached hydrogen (secondary N) is 2. The van der Waals surface area contributed by atoms with Crippen molar-refractivity contribution in [3.8, 4) is 0 Å². The highest BCUT2D eigenvalue weighted by Crippen LogP contribution is 2.06. The van der Waals surface area contributed by atoms with E-state index in [0.717, 1.165) is 5.56 Å². The first-order valence-electron chi connectivity index (χ1n) is 7.34. The molecule has 7 heteroatoms. The second kappa shape index (κ2) is 8.83. The highest BCUT2D eigenvalue weighted by Gasteiger charge is 2.07. The molecule has 0 saturated heterocycles. The van der Waals surface area contributed by atoms with Gasteiger partial charge < -0.3 is 15.4 Å². The number of ether oxygens (including phenoxy) is 1. The maximum Gasteiger partial charge on any atom is 0.337 e. The second-order valence-electron chi connectivity index (χ2n) is 4.98. The van der Waals surface area contributed by atoms with Gasteiger partial charge in [0.05, 0.1) is 12.7 Å². The van der Waals surface area contributed by atoms with E-state index in [9.17, 15) is 14.4 Å². The average Bonchev–Trinajstić information content (AvgIpc) is 3.14. The van der Waals surface area contributed by atoms with E-state index in [1.165, 1.54) is 18.4 Å². The molecular weight excluding hydrogens is 328 g/mol. The number of carbonyl (C=O) groups is 3. The van der Waals surface area contributed by atoms with Gasteiger partial charge in [0.25, 0.3) is 5.91 Å². The minimum Gasteiger partial charge on any atom is -0.465 e. The summed E-state index contributed by atoms with van der Waals surface area (Å²) in [4.78, 5) is 34.8. The van der Waals surface area contributed by atoms with Crippen molar-refractivity contribution in [1.82, 2.24) is 10.6 Å². The number of hydrogen-bond donors (Lipinski definition) is 2. The van der Waals surface area contributed by atoms with Crippen LogP contribution < -0.4 is 10.6 Å². The standard InChI is InChI=1S/C17H18N2O4S/c1-23-17(22)13-4-2-12(3-5-13)10-19-15(20)6-8-18-16(21)14-7-9-24-11-14/h2-5,7,9,11H,6,8,10H2,1H3,(H,18,21)(H,19,20). The van der Waals surface area contributed by atoms with Gasteiger partial charge in [-0.3, -0.25) is 9.59 Å². The molecule has 24 heavy (non-hydrogen) atoms. The van der Waals surface area contributed by atoms with Gasteiger partial charge in [-0.25, -0.2) is 4.79 Å². The van der Waals surface area contributed by atoms with Crippen LogP contribution in [0.5, 0.6) is 0 Å². The van der Waals surface area contributed by atoms with Crippen molar-refractivity contribution in [3.05, 3.63) is 57.8 Å². The van der Waals surface area contributed by atoms with Crippen molar-refractivity contribution in [2.75, 3.05) is 13.7 Å². The molecule has 0 saturated carbocycles. The molecule has 0 radical (unpaired) electrons. The number of amides is 2. The van der Waals surface area contributed by atoms with Gasteiger partial charge in [-0.05, 0) is 29.1 Å². The second-order valence-corrected chi connectivity index (χ2v) is 5.76. The Morgan fingerprint density at radius 2 is 1.79 bits per heavy atom. The summed E-state index contributed by atoms with van der Waals surface area (Å²) in [5.74, 6) is -0.730. The third-order valence-corrected chi connectivity index (χ3v) is 3.97. The van der Waals surface area contributed by atoms with E-state index in [-0.39, 0.29) is 24.8 Å². The average molecular weight is 346 g/mol. The number of carbonyl (C=O) groups excluding carboxylic acids is 3. The summed E-state index contributed by atoms with van der Waals surface area (Å²) in [7, 11) is 1.33. The van der Waals surface area contributed by atoms with Crippen LogP contribution in [0, 0.1) is 0 Å². The smallest absolute Gasteiger partial charge is 0.337 e. The van der Waals surface area contributed by atoms with Crippen molar-refractivity contribution in [1.29, 1.82) is 0 Å². The topological polar surface area (TPSA) is 84.5 Å². The summed E-state index contributed by atoms with van der Waals surface area (Å²) in [6.07, 6.45) is 0.204. The summed E-state index contributed by atoms with van der Waals surface area (Å²) in [6.45, 7) is 0.639.